The zero-order chi connectivity index (χ0) is 16.9. The number of nitrogens with zero attached hydrogens (tertiary/aromatic N) is 3. The number of hydrogen-bond donors (Lipinski definition) is 0. The van der Waals surface area contributed by atoms with E-state index in [0.717, 1.165) is 10.6 Å². The molecule has 0 radical (unpaired) electrons. The molecule has 1 aromatic rings. The van der Waals surface area contributed by atoms with Crippen molar-refractivity contribution < 1.29 is 21.6 Å². The van der Waals surface area contributed by atoms with Crippen LogP contribution in [0.5, 0.6) is 0 Å². The fourth-order valence-corrected chi connectivity index (χ4v) is 4.34. The molecule has 3 rings (SSSR count). The van der Waals surface area contributed by atoms with Crippen molar-refractivity contribution in [3.8, 4) is 0 Å². The highest BCUT2D eigenvalue weighted by molar-refractivity contribution is 7.88. The fourth-order valence-electron chi connectivity index (χ4n) is 3.44. The van der Waals surface area contributed by atoms with Gasteiger partial charge in [0.25, 0.3) is 5.92 Å². The first-order chi connectivity index (χ1) is 10.6. The van der Waals surface area contributed by atoms with Gasteiger partial charge in [0.2, 0.25) is 10.0 Å². The Kier molecular flexibility index (Phi) is 3.83. The second kappa shape index (κ2) is 5.34. The van der Waals surface area contributed by atoms with E-state index in [2.05, 4.69) is 4.98 Å². The van der Waals surface area contributed by atoms with Crippen molar-refractivity contribution in [2.45, 2.75) is 18.8 Å². The summed E-state index contributed by atoms with van der Waals surface area (Å²) in [5.41, 5.74) is -1.50. The zero-order valence-corrected chi connectivity index (χ0v) is 13.5. The van der Waals surface area contributed by atoms with Crippen molar-refractivity contribution in [2.24, 2.45) is 5.41 Å². The highest BCUT2D eigenvalue weighted by Crippen LogP contribution is 2.50. The molecule has 2 saturated heterocycles. The number of rotatable bonds is 2. The predicted octanol–water partition coefficient (Wildman–Crippen LogP) is 1.72. The molecular formula is C14H18F3N3O2S. The molecule has 0 unspecified atom stereocenters. The van der Waals surface area contributed by atoms with E-state index in [1.54, 1.807) is 0 Å². The Labute approximate surface area is 133 Å². The molecule has 1 aromatic heterocycles. The van der Waals surface area contributed by atoms with Gasteiger partial charge >= 0.3 is 0 Å². The molecule has 1 atom stereocenters. The van der Waals surface area contributed by atoms with Crippen LogP contribution in [-0.4, -0.2) is 56.1 Å². The Morgan fingerprint density at radius 3 is 2.61 bits per heavy atom. The van der Waals surface area contributed by atoms with Crippen molar-refractivity contribution in [1.82, 2.24) is 9.29 Å². The first-order valence-corrected chi connectivity index (χ1v) is 9.18. The highest BCUT2D eigenvalue weighted by Gasteiger charge is 2.60. The Morgan fingerprint density at radius 1 is 1.22 bits per heavy atom. The third-order valence-electron chi connectivity index (χ3n) is 4.79. The number of aromatic nitrogens is 1. The molecular weight excluding hydrogens is 331 g/mol. The maximum absolute atomic E-state index is 14.6. The topological polar surface area (TPSA) is 53.5 Å². The number of piperidine rings is 1. The number of pyridine rings is 1. The molecule has 0 aliphatic carbocycles. The molecule has 9 heteroatoms. The van der Waals surface area contributed by atoms with Crippen LogP contribution in [-0.2, 0) is 10.0 Å². The van der Waals surface area contributed by atoms with Gasteiger partial charge in [0.15, 0.2) is 11.6 Å². The van der Waals surface area contributed by atoms with Gasteiger partial charge in [-0.1, -0.05) is 0 Å². The summed E-state index contributed by atoms with van der Waals surface area (Å²) in [5.74, 6) is -3.52. The van der Waals surface area contributed by atoms with Gasteiger partial charge < -0.3 is 4.90 Å². The first-order valence-electron chi connectivity index (χ1n) is 7.33. The molecule has 23 heavy (non-hydrogen) atoms. The smallest absolute Gasteiger partial charge is 0.257 e. The molecule has 0 N–H and O–H groups in total. The summed E-state index contributed by atoms with van der Waals surface area (Å²) >= 11 is 0. The minimum atomic E-state index is -3.54. The molecule has 2 aliphatic rings. The van der Waals surface area contributed by atoms with Crippen LogP contribution < -0.4 is 4.90 Å². The highest BCUT2D eigenvalue weighted by atomic mass is 32.2. The number of sulfonamides is 1. The van der Waals surface area contributed by atoms with E-state index in [4.69, 9.17) is 0 Å². The van der Waals surface area contributed by atoms with Crippen LogP contribution in [0.2, 0.25) is 0 Å². The maximum atomic E-state index is 14.6. The Balaban J connectivity index is 1.90. The predicted molar refractivity (Wildman–Crippen MR) is 79.4 cm³/mol. The summed E-state index contributed by atoms with van der Waals surface area (Å²) in [6, 6.07) is 2.67. The summed E-state index contributed by atoms with van der Waals surface area (Å²) in [7, 11) is -3.54. The van der Waals surface area contributed by atoms with Gasteiger partial charge in [-0.2, -0.15) is 0 Å². The molecule has 0 aromatic carbocycles. The van der Waals surface area contributed by atoms with Gasteiger partial charge in [0, 0.05) is 38.8 Å². The SMILES string of the molecule is CS(=O)(=O)N1CCC(F)(F)[C@@]2(CCN(c3ncccc3F)C2)C1. The van der Waals surface area contributed by atoms with E-state index in [1.165, 1.54) is 23.2 Å². The van der Waals surface area contributed by atoms with Crippen molar-refractivity contribution in [3.05, 3.63) is 24.1 Å². The molecule has 128 valence electrons. The van der Waals surface area contributed by atoms with Crippen LogP contribution in [0, 0.1) is 11.2 Å². The monoisotopic (exact) mass is 349 g/mol. The molecule has 2 fully saturated rings. The summed E-state index contributed by atoms with van der Waals surface area (Å²) in [6.45, 7) is -0.323. The standard InChI is InChI=1S/C14H18F3N3O2S/c1-23(21,22)20-8-5-14(16,17)13(10-20)4-7-19(9-13)12-11(15)3-2-6-18-12/h2-3,6H,4-5,7-10H2,1H3/t13-/m1/s1. The molecule has 0 saturated carbocycles. The van der Waals surface area contributed by atoms with Gasteiger partial charge in [0.1, 0.15) is 0 Å². The number of anilines is 1. The summed E-state index contributed by atoms with van der Waals surface area (Å²) < 4.78 is 67.5. The van der Waals surface area contributed by atoms with E-state index >= 15 is 0 Å². The number of halogens is 3. The first kappa shape index (κ1) is 16.5. The van der Waals surface area contributed by atoms with E-state index < -0.39 is 33.6 Å². The van der Waals surface area contributed by atoms with Crippen LogP contribution in [0.1, 0.15) is 12.8 Å². The summed E-state index contributed by atoms with van der Waals surface area (Å²) in [6.07, 6.45) is 2.02. The average molecular weight is 349 g/mol. The lowest BCUT2D eigenvalue weighted by Gasteiger charge is -2.44. The number of alkyl halides is 2. The lowest BCUT2D eigenvalue weighted by atomic mass is 9.76. The Morgan fingerprint density at radius 2 is 1.96 bits per heavy atom. The van der Waals surface area contributed by atoms with E-state index in [1.807, 2.05) is 0 Å². The van der Waals surface area contributed by atoms with Crippen LogP contribution in [0.4, 0.5) is 19.0 Å². The van der Waals surface area contributed by atoms with E-state index in [0.29, 0.717) is 0 Å². The summed E-state index contributed by atoms with van der Waals surface area (Å²) in [5, 5.41) is 0. The third-order valence-corrected chi connectivity index (χ3v) is 6.04. The molecule has 3 heterocycles. The van der Waals surface area contributed by atoms with Crippen LogP contribution >= 0.6 is 0 Å². The lowest BCUT2D eigenvalue weighted by molar-refractivity contribution is -0.145. The Hall–Kier alpha value is -1.35. The molecule has 2 aliphatic heterocycles. The normalized spacial score (nSPS) is 28.4. The van der Waals surface area contributed by atoms with Gasteiger partial charge in [-0.3, -0.25) is 0 Å². The van der Waals surface area contributed by atoms with Gasteiger partial charge in [0.05, 0.1) is 11.7 Å². The Bertz CT molecular complexity index is 713. The van der Waals surface area contributed by atoms with Crippen molar-refractivity contribution in [1.29, 1.82) is 0 Å². The quantitative estimate of drug-likeness (QED) is 0.816. The molecule has 5 nitrogen and oxygen atoms in total. The van der Waals surface area contributed by atoms with Crippen LogP contribution in [0.3, 0.4) is 0 Å². The van der Waals surface area contributed by atoms with Crippen molar-refractivity contribution >= 4 is 15.8 Å². The zero-order valence-electron chi connectivity index (χ0n) is 12.7. The molecule has 0 amide bonds. The number of hydrogen-bond acceptors (Lipinski definition) is 4. The largest absolute Gasteiger partial charge is 0.353 e. The van der Waals surface area contributed by atoms with Crippen molar-refractivity contribution in [2.75, 3.05) is 37.3 Å². The van der Waals surface area contributed by atoms with Crippen LogP contribution in [0.15, 0.2) is 18.3 Å². The third kappa shape index (κ3) is 2.80. The minimum Gasteiger partial charge on any atom is -0.353 e. The van der Waals surface area contributed by atoms with Gasteiger partial charge in [-0.25, -0.2) is 30.9 Å². The molecule has 0 bridgehead atoms. The molecule has 1 spiro atoms. The van der Waals surface area contributed by atoms with Crippen LogP contribution in [0.25, 0.3) is 0 Å². The average Bonchev–Trinajstić information content (AvgIpc) is 2.87. The second-order valence-corrected chi connectivity index (χ2v) is 8.29. The van der Waals surface area contributed by atoms with Crippen molar-refractivity contribution in [3.63, 3.8) is 0 Å². The lowest BCUT2D eigenvalue weighted by Crippen LogP contribution is -2.58. The van der Waals surface area contributed by atoms with Gasteiger partial charge in [-0.05, 0) is 18.6 Å². The second-order valence-electron chi connectivity index (χ2n) is 6.31. The fraction of sp³-hybridized carbons (Fsp3) is 0.643. The minimum absolute atomic E-state index is 0.0386. The van der Waals surface area contributed by atoms with E-state index in [-0.39, 0.29) is 38.4 Å². The van der Waals surface area contributed by atoms with Gasteiger partial charge in [-0.15, -0.1) is 0 Å². The van der Waals surface area contributed by atoms with E-state index in [9.17, 15) is 21.6 Å². The summed E-state index contributed by atoms with van der Waals surface area (Å²) in [4.78, 5) is 5.41. The maximum Gasteiger partial charge on any atom is 0.257 e.